The van der Waals surface area contributed by atoms with Gasteiger partial charge in [-0.2, -0.15) is 0 Å². The molecule has 0 aromatic carbocycles. The first-order chi connectivity index (χ1) is 7.68. The third kappa shape index (κ3) is 2.56. The van der Waals surface area contributed by atoms with Crippen LogP contribution in [0.1, 0.15) is 31.9 Å². The topological polar surface area (TPSA) is 42.4 Å². The van der Waals surface area contributed by atoms with Crippen molar-refractivity contribution in [2.45, 2.75) is 42.8 Å². The molecule has 88 valence electrons. The molecule has 3 atom stereocenters. The van der Waals surface area contributed by atoms with Crippen molar-refractivity contribution in [3.63, 3.8) is 0 Å². The van der Waals surface area contributed by atoms with E-state index in [-0.39, 0.29) is 6.10 Å². The van der Waals surface area contributed by atoms with Crippen LogP contribution in [0.25, 0.3) is 0 Å². The van der Waals surface area contributed by atoms with Gasteiger partial charge in [0, 0.05) is 23.6 Å². The van der Waals surface area contributed by atoms with Crippen LogP contribution < -0.4 is 0 Å². The summed E-state index contributed by atoms with van der Waals surface area (Å²) in [7, 11) is 0. The Hall–Kier alpha value is -0.580. The number of rotatable bonds is 3. The van der Waals surface area contributed by atoms with Crippen molar-refractivity contribution in [3.05, 3.63) is 23.9 Å². The van der Waals surface area contributed by atoms with E-state index in [0.717, 1.165) is 23.6 Å². The van der Waals surface area contributed by atoms with Gasteiger partial charge in [-0.3, -0.25) is 0 Å². The second kappa shape index (κ2) is 5.17. The van der Waals surface area contributed by atoms with Gasteiger partial charge in [-0.05, 0) is 26.3 Å². The number of aromatic nitrogens is 1. The Labute approximate surface area is 100 Å². The molecule has 0 spiro atoms. The van der Waals surface area contributed by atoms with Crippen LogP contribution in [-0.4, -0.2) is 28.1 Å². The van der Waals surface area contributed by atoms with Gasteiger partial charge in [0.25, 0.3) is 0 Å². The minimum Gasteiger partial charge on any atom is -0.389 e. The molecule has 2 rings (SSSR count). The van der Waals surface area contributed by atoms with Gasteiger partial charge in [-0.15, -0.1) is 0 Å². The molecule has 1 N–H and O–H groups in total. The van der Waals surface area contributed by atoms with Gasteiger partial charge in [-0.25, -0.2) is 4.98 Å². The summed E-state index contributed by atoms with van der Waals surface area (Å²) in [6.45, 7) is 4.70. The van der Waals surface area contributed by atoms with Gasteiger partial charge in [0.15, 0.2) is 0 Å². The van der Waals surface area contributed by atoms with E-state index in [0.29, 0.717) is 5.25 Å². The Morgan fingerprint density at radius 2 is 2.44 bits per heavy atom. The van der Waals surface area contributed by atoms with Crippen LogP contribution in [0.4, 0.5) is 0 Å². The van der Waals surface area contributed by atoms with Crippen molar-refractivity contribution < 1.29 is 9.84 Å². The third-order valence-corrected chi connectivity index (χ3v) is 4.31. The lowest BCUT2D eigenvalue weighted by Gasteiger charge is -2.16. The first kappa shape index (κ1) is 11.9. The van der Waals surface area contributed by atoms with Crippen LogP contribution in [-0.2, 0) is 4.74 Å². The Kier molecular flexibility index (Phi) is 3.84. The fraction of sp³-hybridized carbons (Fsp3) is 0.583. The molecule has 0 amide bonds. The largest absolute Gasteiger partial charge is 0.389 e. The Morgan fingerprint density at radius 1 is 1.62 bits per heavy atom. The van der Waals surface area contributed by atoms with E-state index in [2.05, 4.69) is 11.9 Å². The molecule has 0 saturated carbocycles. The molecule has 1 aliphatic heterocycles. The Morgan fingerprint density at radius 3 is 3.06 bits per heavy atom. The average molecular weight is 239 g/mol. The van der Waals surface area contributed by atoms with Gasteiger partial charge < -0.3 is 9.84 Å². The van der Waals surface area contributed by atoms with Gasteiger partial charge >= 0.3 is 0 Å². The van der Waals surface area contributed by atoms with E-state index in [1.165, 1.54) is 0 Å². The molecule has 2 unspecified atom stereocenters. The molecule has 4 heteroatoms. The van der Waals surface area contributed by atoms with E-state index in [9.17, 15) is 5.11 Å². The molecule has 1 saturated heterocycles. The number of thioether (sulfide) groups is 1. The molecular formula is C12H17NO2S. The molecule has 0 bridgehead atoms. The summed E-state index contributed by atoms with van der Waals surface area (Å²) in [4.78, 5) is 4.35. The molecule has 0 radical (unpaired) electrons. The molecule has 3 nitrogen and oxygen atoms in total. The number of hydrogen-bond donors (Lipinski definition) is 1. The quantitative estimate of drug-likeness (QED) is 0.879. The number of aliphatic hydroxyl groups excluding tert-OH is 1. The number of pyridine rings is 1. The van der Waals surface area contributed by atoms with Crippen LogP contribution in [0.15, 0.2) is 23.4 Å². The summed E-state index contributed by atoms with van der Waals surface area (Å²) in [5, 5.41) is 11.0. The number of ether oxygens (including phenoxy) is 1. The highest BCUT2D eigenvalue weighted by Crippen LogP contribution is 2.34. The van der Waals surface area contributed by atoms with E-state index in [1.54, 1.807) is 24.9 Å². The summed E-state index contributed by atoms with van der Waals surface area (Å²) in [6, 6.07) is 3.79. The van der Waals surface area contributed by atoms with Crippen molar-refractivity contribution in [3.8, 4) is 0 Å². The maximum atomic E-state index is 9.66. The first-order valence-electron chi connectivity index (χ1n) is 5.59. The molecule has 2 heterocycles. The number of aliphatic hydroxyl groups is 1. The van der Waals surface area contributed by atoms with Crippen molar-refractivity contribution in [2.24, 2.45) is 0 Å². The van der Waals surface area contributed by atoms with Gasteiger partial charge in [0.05, 0.1) is 12.2 Å². The van der Waals surface area contributed by atoms with Crippen LogP contribution >= 0.6 is 11.8 Å². The maximum Gasteiger partial charge on any atom is 0.102 e. The van der Waals surface area contributed by atoms with E-state index in [4.69, 9.17) is 4.74 Å². The summed E-state index contributed by atoms with van der Waals surface area (Å²) in [5.41, 5.74) is 0.909. The maximum absolute atomic E-state index is 9.66. The summed E-state index contributed by atoms with van der Waals surface area (Å²) < 4.78 is 5.53. The van der Waals surface area contributed by atoms with Crippen molar-refractivity contribution in [1.29, 1.82) is 0 Å². The monoisotopic (exact) mass is 239 g/mol. The Bertz CT molecular complexity index is 357. The molecule has 1 fully saturated rings. The highest BCUT2D eigenvalue weighted by atomic mass is 32.2. The van der Waals surface area contributed by atoms with Gasteiger partial charge in [0.2, 0.25) is 0 Å². The minimum atomic E-state index is -0.464. The summed E-state index contributed by atoms with van der Waals surface area (Å²) in [5.74, 6) is 0. The molecular weight excluding hydrogens is 222 g/mol. The lowest BCUT2D eigenvalue weighted by atomic mass is 10.2. The molecule has 16 heavy (non-hydrogen) atoms. The third-order valence-electron chi connectivity index (χ3n) is 2.82. The van der Waals surface area contributed by atoms with Crippen LogP contribution in [0.5, 0.6) is 0 Å². The predicted molar refractivity (Wildman–Crippen MR) is 64.5 cm³/mol. The van der Waals surface area contributed by atoms with Crippen molar-refractivity contribution in [1.82, 2.24) is 4.98 Å². The highest BCUT2D eigenvalue weighted by Gasteiger charge is 2.26. The molecule has 1 aromatic rings. The Balaban J connectivity index is 2.14. The lowest BCUT2D eigenvalue weighted by Crippen LogP contribution is -2.14. The van der Waals surface area contributed by atoms with Crippen molar-refractivity contribution in [2.75, 3.05) is 6.61 Å². The fourth-order valence-electron chi connectivity index (χ4n) is 1.83. The normalized spacial score (nSPS) is 26.9. The van der Waals surface area contributed by atoms with E-state index < -0.39 is 6.10 Å². The molecule has 1 aromatic heterocycles. The highest BCUT2D eigenvalue weighted by molar-refractivity contribution is 8.00. The SMILES string of the molecule is CC1OCCC1Sc1ncccc1[C@@H](C)O. The minimum absolute atomic E-state index is 0.272. The first-order valence-corrected chi connectivity index (χ1v) is 6.47. The van der Waals surface area contributed by atoms with Gasteiger partial charge in [-0.1, -0.05) is 17.8 Å². The standard InChI is InChI=1S/C12H17NO2S/c1-8(14)10-4-3-6-13-12(10)16-11-5-7-15-9(11)2/h3-4,6,8-9,11,14H,5,7H2,1-2H3/t8-,9?,11?/m1/s1. The summed E-state index contributed by atoms with van der Waals surface area (Å²) >= 11 is 1.72. The molecule has 0 aliphatic carbocycles. The lowest BCUT2D eigenvalue weighted by molar-refractivity contribution is 0.127. The van der Waals surface area contributed by atoms with Crippen LogP contribution in [0.2, 0.25) is 0 Å². The predicted octanol–water partition coefficient (Wildman–Crippen LogP) is 2.40. The zero-order chi connectivity index (χ0) is 11.5. The number of nitrogens with zero attached hydrogens (tertiary/aromatic N) is 1. The van der Waals surface area contributed by atoms with Crippen LogP contribution in [0, 0.1) is 0 Å². The zero-order valence-electron chi connectivity index (χ0n) is 9.59. The second-order valence-electron chi connectivity index (χ2n) is 4.09. The summed E-state index contributed by atoms with van der Waals surface area (Å²) in [6.07, 6.45) is 2.64. The fourth-order valence-corrected chi connectivity index (χ4v) is 3.10. The second-order valence-corrected chi connectivity index (χ2v) is 5.32. The van der Waals surface area contributed by atoms with Crippen molar-refractivity contribution >= 4 is 11.8 Å². The van der Waals surface area contributed by atoms with Crippen LogP contribution in [0.3, 0.4) is 0 Å². The van der Waals surface area contributed by atoms with E-state index >= 15 is 0 Å². The van der Waals surface area contributed by atoms with Gasteiger partial charge in [0.1, 0.15) is 5.03 Å². The molecule has 1 aliphatic rings. The average Bonchev–Trinajstić information content (AvgIpc) is 2.65. The number of hydrogen-bond acceptors (Lipinski definition) is 4. The zero-order valence-corrected chi connectivity index (χ0v) is 10.4. The van der Waals surface area contributed by atoms with E-state index in [1.807, 2.05) is 12.1 Å². The smallest absolute Gasteiger partial charge is 0.102 e.